The normalized spacial score (nSPS) is 16.0. The van der Waals surface area contributed by atoms with Crippen LogP contribution in [-0.2, 0) is 19.6 Å². The Morgan fingerprint density at radius 2 is 1.51 bits per heavy atom. The van der Waals surface area contributed by atoms with Gasteiger partial charge in [0.15, 0.2) is 5.78 Å². The number of sulfonamides is 1. The van der Waals surface area contributed by atoms with Crippen LogP contribution in [0.25, 0.3) is 0 Å². The third-order valence-corrected chi connectivity index (χ3v) is 8.20. The van der Waals surface area contributed by atoms with Crippen LogP contribution in [0.4, 0.5) is 5.69 Å². The summed E-state index contributed by atoms with van der Waals surface area (Å²) in [5.41, 5.74) is 2.07. The molecule has 0 aliphatic carbocycles. The fourth-order valence-corrected chi connectivity index (χ4v) is 5.50. The standard InChI is InChI=1S/C26H33N3O5S/c1-17(2)24(26(32)27-22-9-7-20(8-10-22)19(4)30)28-25(31)21-13-15-29(16-14-21)35(33,34)23-11-5-18(3)6-12-23/h5-12,17,21,24H,13-16H2,1-4H3,(H,27,32)(H,28,31). The highest BCUT2D eigenvalue weighted by Gasteiger charge is 2.34. The Kier molecular flexibility index (Phi) is 8.45. The number of amides is 2. The number of carbonyl (C=O) groups excluding carboxylic acids is 3. The van der Waals surface area contributed by atoms with E-state index in [1.54, 1.807) is 48.5 Å². The molecule has 0 radical (unpaired) electrons. The van der Waals surface area contributed by atoms with Crippen molar-refractivity contribution in [3.63, 3.8) is 0 Å². The van der Waals surface area contributed by atoms with Crippen LogP contribution in [0, 0.1) is 18.8 Å². The molecule has 1 atom stereocenters. The van der Waals surface area contributed by atoms with E-state index in [2.05, 4.69) is 10.6 Å². The van der Waals surface area contributed by atoms with E-state index >= 15 is 0 Å². The molecule has 3 rings (SSSR count). The lowest BCUT2D eigenvalue weighted by atomic mass is 9.95. The van der Waals surface area contributed by atoms with Crippen LogP contribution in [0.1, 0.15) is 49.5 Å². The first-order valence-corrected chi connectivity index (χ1v) is 13.2. The monoisotopic (exact) mass is 499 g/mol. The van der Waals surface area contributed by atoms with Gasteiger partial charge in [-0.05, 0) is 69.0 Å². The van der Waals surface area contributed by atoms with Crippen molar-refractivity contribution < 1.29 is 22.8 Å². The summed E-state index contributed by atoms with van der Waals surface area (Å²) < 4.78 is 27.2. The summed E-state index contributed by atoms with van der Waals surface area (Å²) >= 11 is 0. The fourth-order valence-electron chi connectivity index (χ4n) is 4.03. The number of hydrogen-bond acceptors (Lipinski definition) is 5. The quantitative estimate of drug-likeness (QED) is 0.541. The van der Waals surface area contributed by atoms with Gasteiger partial charge < -0.3 is 10.6 Å². The summed E-state index contributed by atoms with van der Waals surface area (Å²) in [7, 11) is -3.60. The van der Waals surface area contributed by atoms with E-state index in [4.69, 9.17) is 0 Å². The largest absolute Gasteiger partial charge is 0.344 e. The lowest BCUT2D eigenvalue weighted by Crippen LogP contribution is -2.50. The maximum Gasteiger partial charge on any atom is 0.247 e. The van der Waals surface area contributed by atoms with Crippen LogP contribution < -0.4 is 10.6 Å². The number of hydrogen-bond donors (Lipinski definition) is 2. The molecule has 1 unspecified atom stereocenters. The molecular formula is C26H33N3O5S. The van der Waals surface area contributed by atoms with Crippen molar-refractivity contribution in [1.29, 1.82) is 0 Å². The highest BCUT2D eigenvalue weighted by molar-refractivity contribution is 7.89. The molecule has 2 aromatic carbocycles. The molecule has 1 aliphatic heterocycles. The van der Waals surface area contributed by atoms with Gasteiger partial charge in [0, 0.05) is 30.3 Å². The predicted molar refractivity (Wildman–Crippen MR) is 135 cm³/mol. The van der Waals surface area contributed by atoms with Gasteiger partial charge >= 0.3 is 0 Å². The Balaban J connectivity index is 1.59. The van der Waals surface area contributed by atoms with Crippen LogP contribution in [0.2, 0.25) is 0 Å². The molecule has 0 aromatic heterocycles. The van der Waals surface area contributed by atoms with Crippen molar-refractivity contribution in [3.8, 4) is 0 Å². The molecule has 0 saturated carbocycles. The van der Waals surface area contributed by atoms with Crippen LogP contribution in [0.5, 0.6) is 0 Å². The highest BCUT2D eigenvalue weighted by Crippen LogP contribution is 2.24. The van der Waals surface area contributed by atoms with E-state index in [9.17, 15) is 22.8 Å². The number of anilines is 1. The molecule has 1 fully saturated rings. The number of nitrogens with zero attached hydrogens (tertiary/aromatic N) is 1. The Hall–Kier alpha value is -3.04. The second-order valence-corrected chi connectivity index (χ2v) is 11.3. The van der Waals surface area contributed by atoms with Crippen molar-refractivity contribution in [2.24, 2.45) is 11.8 Å². The minimum Gasteiger partial charge on any atom is -0.344 e. The molecule has 2 aromatic rings. The van der Waals surface area contributed by atoms with Gasteiger partial charge in [-0.2, -0.15) is 4.31 Å². The molecule has 2 amide bonds. The zero-order valence-electron chi connectivity index (χ0n) is 20.6. The predicted octanol–water partition coefficient (Wildman–Crippen LogP) is 3.38. The number of rotatable bonds is 8. The minimum atomic E-state index is -3.60. The van der Waals surface area contributed by atoms with Gasteiger partial charge in [0.25, 0.3) is 0 Å². The van der Waals surface area contributed by atoms with E-state index in [1.165, 1.54) is 11.2 Å². The lowest BCUT2D eigenvalue weighted by molar-refractivity contribution is -0.130. The van der Waals surface area contributed by atoms with Crippen LogP contribution in [0.3, 0.4) is 0 Å². The molecular weight excluding hydrogens is 466 g/mol. The van der Waals surface area contributed by atoms with Crippen molar-refractivity contribution in [3.05, 3.63) is 59.7 Å². The number of Topliss-reactive ketones (excluding diaryl/α,β-unsaturated/α-hetero) is 1. The van der Waals surface area contributed by atoms with Gasteiger partial charge in [-0.15, -0.1) is 0 Å². The first-order valence-electron chi connectivity index (χ1n) is 11.8. The first-order chi connectivity index (χ1) is 16.5. The number of nitrogens with one attached hydrogen (secondary N) is 2. The molecule has 0 spiro atoms. The van der Waals surface area contributed by atoms with Crippen molar-refractivity contribution in [2.75, 3.05) is 18.4 Å². The summed E-state index contributed by atoms with van der Waals surface area (Å²) in [5.74, 6) is -1.19. The second kappa shape index (κ2) is 11.1. The SMILES string of the molecule is CC(=O)c1ccc(NC(=O)C(NC(=O)C2CCN(S(=O)(=O)c3ccc(C)cc3)CC2)C(C)C)cc1. The zero-order valence-corrected chi connectivity index (χ0v) is 21.4. The maximum atomic E-state index is 13.0. The number of ketones is 1. The highest BCUT2D eigenvalue weighted by atomic mass is 32.2. The Labute approximate surface area is 207 Å². The first kappa shape index (κ1) is 26.6. The third-order valence-electron chi connectivity index (χ3n) is 6.29. The van der Waals surface area contributed by atoms with Crippen LogP contribution in [-0.4, -0.2) is 49.5 Å². The molecule has 35 heavy (non-hydrogen) atoms. The number of piperidine rings is 1. The average molecular weight is 500 g/mol. The summed E-state index contributed by atoms with van der Waals surface area (Å²) in [5, 5.41) is 5.65. The van der Waals surface area contributed by atoms with Crippen LogP contribution >= 0.6 is 0 Å². The van der Waals surface area contributed by atoms with Crippen molar-refractivity contribution in [1.82, 2.24) is 9.62 Å². The summed E-state index contributed by atoms with van der Waals surface area (Å²) in [6.07, 6.45) is 0.770. The number of aryl methyl sites for hydroxylation is 1. The van der Waals surface area contributed by atoms with Gasteiger partial charge in [-0.25, -0.2) is 8.42 Å². The van der Waals surface area contributed by atoms with Gasteiger partial charge in [0.2, 0.25) is 21.8 Å². The number of benzene rings is 2. The van der Waals surface area contributed by atoms with E-state index in [-0.39, 0.29) is 47.4 Å². The van der Waals surface area contributed by atoms with Gasteiger partial charge in [-0.3, -0.25) is 14.4 Å². The van der Waals surface area contributed by atoms with Crippen molar-refractivity contribution >= 4 is 33.3 Å². The summed E-state index contributed by atoms with van der Waals surface area (Å²) in [4.78, 5) is 37.5. The molecule has 1 aliphatic rings. The Morgan fingerprint density at radius 1 is 0.943 bits per heavy atom. The summed E-state index contributed by atoms with van der Waals surface area (Å²) in [6, 6.07) is 12.6. The number of carbonyl (C=O) groups is 3. The van der Waals surface area contributed by atoms with E-state index in [0.29, 0.717) is 24.1 Å². The van der Waals surface area contributed by atoms with Crippen LogP contribution in [0.15, 0.2) is 53.4 Å². The molecule has 0 bridgehead atoms. The average Bonchev–Trinajstić information content (AvgIpc) is 2.82. The third kappa shape index (κ3) is 6.55. The summed E-state index contributed by atoms with van der Waals surface area (Å²) in [6.45, 7) is 7.56. The fraction of sp³-hybridized carbons (Fsp3) is 0.423. The van der Waals surface area contributed by atoms with Gasteiger partial charge in [0.05, 0.1) is 4.90 Å². The van der Waals surface area contributed by atoms with Gasteiger partial charge in [0.1, 0.15) is 6.04 Å². The van der Waals surface area contributed by atoms with E-state index in [0.717, 1.165) is 5.56 Å². The zero-order chi connectivity index (χ0) is 25.8. The van der Waals surface area contributed by atoms with Gasteiger partial charge in [-0.1, -0.05) is 31.5 Å². The second-order valence-electron chi connectivity index (χ2n) is 9.34. The smallest absolute Gasteiger partial charge is 0.247 e. The Morgan fingerprint density at radius 3 is 2.03 bits per heavy atom. The maximum absolute atomic E-state index is 13.0. The molecule has 1 saturated heterocycles. The van der Waals surface area contributed by atoms with Crippen molar-refractivity contribution in [2.45, 2.75) is 51.5 Å². The van der Waals surface area contributed by atoms with E-state index in [1.807, 2.05) is 20.8 Å². The molecule has 2 N–H and O–H groups in total. The molecule has 1 heterocycles. The molecule has 188 valence electrons. The minimum absolute atomic E-state index is 0.0621. The lowest BCUT2D eigenvalue weighted by Gasteiger charge is -2.32. The molecule has 9 heteroatoms. The Bertz CT molecular complexity index is 1170. The molecule has 8 nitrogen and oxygen atoms in total. The topological polar surface area (TPSA) is 113 Å². The van der Waals surface area contributed by atoms with E-state index < -0.39 is 16.1 Å².